The van der Waals surface area contributed by atoms with Crippen LogP contribution in [0.15, 0.2) is 41.5 Å². The van der Waals surface area contributed by atoms with Gasteiger partial charge in [-0.05, 0) is 22.4 Å². The number of thiophene rings is 1. The van der Waals surface area contributed by atoms with E-state index in [9.17, 15) is 9.59 Å². The van der Waals surface area contributed by atoms with Crippen molar-refractivity contribution in [3.05, 3.63) is 52.8 Å². The Bertz CT molecular complexity index is 484. The lowest BCUT2D eigenvalue weighted by atomic mass is 10.2. The minimum Gasteiger partial charge on any atom is -0.478 e. The standard InChI is InChI=1S/C8H8N2S.C4H4O4/c1-2-11-5-7(1)3-8-4-9-6-10-8;5-3(6)1-2-4(7)8/h1-2,4-6H,3H2,(H,9,10);1-2H,(H,5,6)(H,7,8)/b;2-1+. The van der Waals surface area contributed by atoms with Crippen molar-refractivity contribution in [2.45, 2.75) is 6.42 Å². The number of nitrogens with one attached hydrogen (secondary N) is 1. The molecule has 6 nitrogen and oxygen atoms in total. The fourth-order valence-corrected chi connectivity index (χ4v) is 1.81. The summed E-state index contributed by atoms with van der Waals surface area (Å²) in [6, 6.07) is 2.13. The molecule has 0 aliphatic rings. The van der Waals surface area contributed by atoms with Gasteiger partial charge in [0.2, 0.25) is 0 Å². The summed E-state index contributed by atoms with van der Waals surface area (Å²) in [5.74, 6) is -2.51. The first-order chi connectivity index (χ1) is 9.08. The third kappa shape index (κ3) is 6.79. The summed E-state index contributed by atoms with van der Waals surface area (Å²) in [4.78, 5) is 26.1. The van der Waals surface area contributed by atoms with E-state index in [0.717, 1.165) is 6.42 Å². The molecule has 3 N–H and O–H groups in total. The maximum atomic E-state index is 9.55. The van der Waals surface area contributed by atoms with Crippen LogP contribution in [0.5, 0.6) is 0 Å². The smallest absolute Gasteiger partial charge is 0.328 e. The van der Waals surface area contributed by atoms with Crippen molar-refractivity contribution < 1.29 is 19.8 Å². The second-order valence-electron chi connectivity index (χ2n) is 3.40. The Kier molecular flexibility index (Phi) is 6.04. The number of aromatic nitrogens is 2. The third-order valence-electron chi connectivity index (χ3n) is 1.90. The van der Waals surface area contributed by atoms with Crippen LogP contribution in [0.1, 0.15) is 11.3 Å². The summed E-state index contributed by atoms with van der Waals surface area (Å²) in [5.41, 5.74) is 2.52. The van der Waals surface area contributed by atoms with E-state index in [4.69, 9.17) is 10.2 Å². The van der Waals surface area contributed by atoms with Crippen LogP contribution in [0.4, 0.5) is 0 Å². The fraction of sp³-hybridized carbons (Fsp3) is 0.0833. The molecule has 0 atom stereocenters. The van der Waals surface area contributed by atoms with Crippen molar-refractivity contribution in [3.8, 4) is 0 Å². The van der Waals surface area contributed by atoms with Crippen LogP contribution in [0.25, 0.3) is 0 Å². The summed E-state index contributed by atoms with van der Waals surface area (Å²) in [6.07, 6.45) is 5.65. The number of hydrogen-bond acceptors (Lipinski definition) is 4. The quantitative estimate of drug-likeness (QED) is 0.741. The van der Waals surface area contributed by atoms with Gasteiger partial charge in [-0.15, -0.1) is 0 Å². The Balaban J connectivity index is 0.000000203. The lowest BCUT2D eigenvalue weighted by molar-refractivity contribution is -0.134. The predicted octanol–water partition coefficient (Wildman–Crippen LogP) is 1.77. The zero-order valence-electron chi connectivity index (χ0n) is 9.81. The summed E-state index contributed by atoms with van der Waals surface area (Å²) < 4.78 is 0. The van der Waals surface area contributed by atoms with Crippen LogP contribution in [0.3, 0.4) is 0 Å². The van der Waals surface area contributed by atoms with Gasteiger partial charge in [0.1, 0.15) is 0 Å². The van der Waals surface area contributed by atoms with Gasteiger partial charge in [0.15, 0.2) is 0 Å². The van der Waals surface area contributed by atoms with Crippen LogP contribution >= 0.6 is 11.3 Å². The molecule has 2 aromatic heterocycles. The molecular weight excluding hydrogens is 268 g/mol. The highest BCUT2D eigenvalue weighted by atomic mass is 32.1. The van der Waals surface area contributed by atoms with Gasteiger partial charge in [-0.2, -0.15) is 11.3 Å². The van der Waals surface area contributed by atoms with Gasteiger partial charge < -0.3 is 15.2 Å². The average Bonchev–Trinajstić information content (AvgIpc) is 3.01. The summed E-state index contributed by atoms with van der Waals surface area (Å²) in [5, 5.41) is 19.9. The first-order valence-electron chi connectivity index (χ1n) is 5.20. The lowest BCUT2D eigenvalue weighted by Crippen LogP contribution is -1.91. The van der Waals surface area contributed by atoms with Gasteiger partial charge in [-0.3, -0.25) is 0 Å². The number of H-pyrrole nitrogens is 1. The van der Waals surface area contributed by atoms with Crippen molar-refractivity contribution >= 4 is 23.3 Å². The van der Waals surface area contributed by atoms with Gasteiger partial charge in [-0.1, -0.05) is 0 Å². The molecule has 100 valence electrons. The Labute approximate surface area is 113 Å². The molecule has 0 amide bonds. The molecule has 0 fully saturated rings. The van der Waals surface area contributed by atoms with Crippen molar-refractivity contribution in [3.63, 3.8) is 0 Å². The van der Waals surface area contributed by atoms with Crippen molar-refractivity contribution in [1.29, 1.82) is 0 Å². The number of nitrogens with zero attached hydrogens (tertiary/aromatic N) is 1. The molecule has 2 heterocycles. The number of carbonyl (C=O) groups is 2. The van der Waals surface area contributed by atoms with E-state index in [1.165, 1.54) is 11.3 Å². The van der Waals surface area contributed by atoms with Gasteiger partial charge in [0, 0.05) is 30.5 Å². The van der Waals surface area contributed by atoms with Crippen molar-refractivity contribution in [2.75, 3.05) is 0 Å². The third-order valence-corrected chi connectivity index (χ3v) is 2.63. The summed E-state index contributed by atoms with van der Waals surface area (Å²) >= 11 is 1.73. The summed E-state index contributed by atoms with van der Waals surface area (Å²) in [6.45, 7) is 0. The molecule has 19 heavy (non-hydrogen) atoms. The molecule has 2 aromatic rings. The first kappa shape index (κ1) is 14.7. The van der Waals surface area contributed by atoms with E-state index in [1.807, 2.05) is 6.20 Å². The molecule has 0 saturated carbocycles. The first-order valence-corrected chi connectivity index (χ1v) is 6.14. The molecule has 2 rings (SSSR count). The highest BCUT2D eigenvalue weighted by Gasteiger charge is 1.95. The number of carboxylic acid groups (broad SMARTS) is 2. The summed E-state index contributed by atoms with van der Waals surface area (Å²) in [7, 11) is 0. The van der Waals surface area contributed by atoms with Crippen molar-refractivity contribution in [2.24, 2.45) is 0 Å². The van der Waals surface area contributed by atoms with E-state index < -0.39 is 11.9 Å². The van der Waals surface area contributed by atoms with E-state index in [2.05, 4.69) is 26.8 Å². The Morgan fingerprint density at radius 1 is 1.32 bits per heavy atom. The lowest BCUT2D eigenvalue weighted by Gasteiger charge is -1.90. The van der Waals surface area contributed by atoms with Crippen LogP contribution in [-0.4, -0.2) is 32.1 Å². The highest BCUT2D eigenvalue weighted by Crippen LogP contribution is 2.09. The molecule has 0 aromatic carbocycles. The number of imidazole rings is 1. The molecular formula is C12H12N2O4S. The molecule has 0 spiro atoms. The molecule has 0 unspecified atom stereocenters. The second-order valence-corrected chi connectivity index (χ2v) is 4.18. The molecule has 7 heteroatoms. The number of carboxylic acids is 2. The van der Waals surface area contributed by atoms with Gasteiger partial charge in [0.05, 0.1) is 6.33 Å². The van der Waals surface area contributed by atoms with Crippen LogP contribution in [-0.2, 0) is 16.0 Å². The molecule has 0 aliphatic heterocycles. The van der Waals surface area contributed by atoms with Gasteiger partial charge >= 0.3 is 11.9 Å². The molecule has 0 bridgehead atoms. The maximum absolute atomic E-state index is 9.55. The van der Waals surface area contributed by atoms with Crippen LogP contribution in [0.2, 0.25) is 0 Å². The Hall–Kier alpha value is -2.41. The number of rotatable bonds is 4. The zero-order valence-corrected chi connectivity index (χ0v) is 10.6. The minimum absolute atomic E-state index is 0.558. The van der Waals surface area contributed by atoms with Gasteiger partial charge in [0.25, 0.3) is 0 Å². The predicted molar refractivity (Wildman–Crippen MR) is 70.1 cm³/mol. The highest BCUT2D eigenvalue weighted by molar-refractivity contribution is 7.07. The largest absolute Gasteiger partial charge is 0.478 e. The molecule has 0 aliphatic carbocycles. The Morgan fingerprint density at radius 2 is 2.00 bits per heavy atom. The average molecular weight is 280 g/mol. The SMILES string of the molecule is O=C(O)/C=C/C(=O)O.c1ncc(Cc2ccsc2)[nH]1. The Morgan fingerprint density at radius 3 is 2.42 bits per heavy atom. The fourth-order valence-electron chi connectivity index (χ4n) is 1.14. The minimum atomic E-state index is -1.26. The second kappa shape index (κ2) is 7.83. The number of hydrogen-bond donors (Lipinski definition) is 3. The van der Waals surface area contributed by atoms with Crippen LogP contribution in [0, 0.1) is 0 Å². The van der Waals surface area contributed by atoms with E-state index in [0.29, 0.717) is 12.2 Å². The van der Waals surface area contributed by atoms with E-state index in [-0.39, 0.29) is 0 Å². The normalized spacial score (nSPS) is 9.89. The van der Waals surface area contributed by atoms with E-state index >= 15 is 0 Å². The monoisotopic (exact) mass is 280 g/mol. The van der Waals surface area contributed by atoms with Gasteiger partial charge in [-0.25, -0.2) is 14.6 Å². The number of aromatic amines is 1. The van der Waals surface area contributed by atoms with Crippen molar-refractivity contribution in [1.82, 2.24) is 9.97 Å². The van der Waals surface area contributed by atoms with E-state index in [1.54, 1.807) is 17.7 Å². The molecule has 0 saturated heterocycles. The topological polar surface area (TPSA) is 103 Å². The van der Waals surface area contributed by atoms with Crippen LogP contribution < -0.4 is 0 Å². The zero-order chi connectivity index (χ0) is 14.1. The number of aliphatic carboxylic acids is 2. The molecule has 0 radical (unpaired) electrons. The maximum Gasteiger partial charge on any atom is 0.328 e.